The number of hydrogen-bond acceptors (Lipinski definition) is 5. The second-order valence-electron chi connectivity index (χ2n) is 8.54. The molecule has 0 aromatic rings. The molecule has 6 heteroatoms. The third-order valence-electron chi connectivity index (χ3n) is 7.34. The Labute approximate surface area is 177 Å². The zero-order valence-corrected chi connectivity index (χ0v) is 19.8. The highest BCUT2D eigenvalue weighted by molar-refractivity contribution is 14.1. The quantitative estimate of drug-likeness (QED) is 0.287. The Morgan fingerprint density at radius 3 is 1.93 bits per heavy atom. The van der Waals surface area contributed by atoms with Gasteiger partial charge < -0.3 is 19.7 Å². The van der Waals surface area contributed by atoms with Gasteiger partial charge in [-0.15, -0.1) is 0 Å². The lowest BCUT2D eigenvalue weighted by Crippen LogP contribution is -2.58. The molecule has 0 saturated carbocycles. The van der Waals surface area contributed by atoms with Crippen LogP contribution in [0.2, 0.25) is 0 Å². The monoisotopic (exact) mass is 496 g/mol. The summed E-state index contributed by atoms with van der Waals surface area (Å²) >= 11 is 2.14. The highest BCUT2D eigenvalue weighted by atomic mass is 127. The fourth-order valence-corrected chi connectivity index (χ4v) is 5.10. The first-order valence-corrected chi connectivity index (χ1v) is 11.6. The Morgan fingerprint density at radius 1 is 1.00 bits per heavy atom. The van der Waals surface area contributed by atoms with Gasteiger partial charge in [-0.25, -0.2) is 0 Å². The molecule has 27 heavy (non-hydrogen) atoms. The van der Waals surface area contributed by atoms with Gasteiger partial charge in [0.25, 0.3) is 0 Å². The van der Waals surface area contributed by atoms with E-state index in [1.54, 1.807) is 0 Å². The third kappa shape index (κ3) is 4.05. The molecule has 2 heterocycles. The fourth-order valence-electron chi connectivity index (χ4n) is 4.97. The van der Waals surface area contributed by atoms with Crippen molar-refractivity contribution in [1.29, 1.82) is 0 Å². The number of carbonyl (C=O) groups excluding carboxylic acids is 1. The second-order valence-corrected chi connectivity index (χ2v) is 10.9. The molecule has 6 atom stereocenters. The van der Waals surface area contributed by atoms with Crippen LogP contribution >= 0.6 is 22.6 Å². The van der Waals surface area contributed by atoms with Crippen LogP contribution in [0.4, 0.5) is 0 Å². The van der Waals surface area contributed by atoms with Crippen molar-refractivity contribution in [2.45, 2.75) is 113 Å². The molecule has 0 radical (unpaired) electrons. The molecule has 0 spiro atoms. The van der Waals surface area contributed by atoms with E-state index in [1.807, 2.05) is 41.5 Å². The first-order chi connectivity index (χ1) is 12.5. The predicted molar refractivity (Wildman–Crippen MR) is 114 cm³/mol. The van der Waals surface area contributed by atoms with Crippen LogP contribution < -0.4 is 0 Å². The van der Waals surface area contributed by atoms with Gasteiger partial charge in [-0.2, -0.15) is 0 Å². The third-order valence-corrected chi connectivity index (χ3v) is 8.55. The van der Waals surface area contributed by atoms with Crippen LogP contribution in [-0.4, -0.2) is 49.1 Å². The number of ether oxygens (including phenoxy) is 2. The summed E-state index contributed by atoms with van der Waals surface area (Å²) < 4.78 is 11.6. The summed E-state index contributed by atoms with van der Waals surface area (Å²) in [6.07, 6.45) is 2.80. The van der Waals surface area contributed by atoms with Gasteiger partial charge in [0.15, 0.2) is 0 Å². The Morgan fingerprint density at radius 2 is 1.48 bits per heavy atom. The molecular formula is C21H37IO5. The molecule has 158 valence electrons. The van der Waals surface area contributed by atoms with E-state index in [9.17, 15) is 15.0 Å². The van der Waals surface area contributed by atoms with Crippen molar-refractivity contribution < 1.29 is 24.5 Å². The van der Waals surface area contributed by atoms with E-state index in [0.29, 0.717) is 38.5 Å². The van der Waals surface area contributed by atoms with Crippen LogP contribution in [0.15, 0.2) is 0 Å². The standard InChI is InChI=1S/C21H37IO5/c1-7-19(6,22)18(23)27-14-12-13-15(20(24,8-2)9-3)16(17(14)26-13)21(25,10-4)11-5/h13-17,24-25H,7-12H2,1-6H3. The van der Waals surface area contributed by atoms with Crippen LogP contribution in [0, 0.1) is 11.8 Å². The van der Waals surface area contributed by atoms with E-state index < -0.39 is 14.6 Å². The molecule has 2 N–H and O–H groups in total. The van der Waals surface area contributed by atoms with Crippen LogP contribution in [-0.2, 0) is 14.3 Å². The summed E-state index contributed by atoms with van der Waals surface area (Å²) in [6, 6.07) is 0. The van der Waals surface area contributed by atoms with Gasteiger partial charge in [0, 0.05) is 18.3 Å². The van der Waals surface area contributed by atoms with Crippen molar-refractivity contribution in [1.82, 2.24) is 0 Å². The zero-order chi connectivity index (χ0) is 20.6. The van der Waals surface area contributed by atoms with Gasteiger partial charge in [-0.3, -0.25) is 4.79 Å². The van der Waals surface area contributed by atoms with Crippen molar-refractivity contribution in [3.05, 3.63) is 0 Å². The molecule has 0 aromatic heterocycles. The summed E-state index contributed by atoms with van der Waals surface area (Å²) in [4.78, 5) is 12.6. The van der Waals surface area contributed by atoms with Gasteiger partial charge >= 0.3 is 5.97 Å². The zero-order valence-electron chi connectivity index (χ0n) is 17.6. The molecule has 2 rings (SSSR count). The van der Waals surface area contributed by atoms with Crippen LogP contribution in [0.5, 0.6) is 0 Å². The Kier molecular flexibility index (Phi) is 7.30. The van der Waals surface area contributed by atoms with E-state index in [4.69, 9.17) is 9.47 Å². The number of hydrogen-bond donors (Lipinski definition) is 2. The molecule has 0 amide bonds. The smallest absolute Gasteiger partial charge is 0.322 e. The summed E-state index contributed by atoms with van der Waals surface area (Å²) in [5.74, 6) is -0.606. The number of rotatable bonds is 9. The van der Waals surface area contributed by atoms with E-state index in [-0.39, 0.29) is 36.1 Å². The number of halogens is 1. The topological polar surface area (TPSA) is 76.0 Å². The number of carbonyl (C=O) groups is 1. The van der Waals surface area contributed by atoms with E-state index >= 15 is 0 Å². The van der Waals surface area contributed by atoms with Gasteiger partial charge in [0.1, 0.15) is 15.6 Å². The summed E-state index contributed by atoms with van der Waals surface area (Å²) in [5.41, 5.74) is -1.82. The van der Waals surface area contributed by atoms with Crippen LogP contribution in [0.3, 0.4) is 0 Å². The average Bonchev–Trinajstić information content (AvgIpc) is 3.25. The highest BCUT2D eigenvalue weighted by Gasteiger charge is 2.65. The van der Waals surface area contributed by atoms with Crippen molar-refractivity contribution in [2.75, 3.05) is 0 Å². The lowest BCUT2D eigenvalue weighted by Gasteiger charge is -2.48. The summed E-state index contributed by atoms with van der Waals surface area (Å²) in [6.45, 7) is 11.8. The molecule has 2 fully saturated rings. The average molecular weight is 496 g/mol. The summed E-state index contributed by atoms with van der Waals surface area (Å²) in [5, 5.41) is 22.7. The molecule has 2 bridgehead atoms. The maximum absolute atomic E-state index is 12.6. The molecular weight excluding hydrogens is 459 g/mol. The second kappa shape index (κ2) is 8.44. The molecule has 2 saturated heterocycles. The van der Waals surface area contributed by atoms with Gasteiger partial charge in [0.2, 0.25) is 0 Å². The predicted octanol–water partition coefficient (Wildman–Crippen LogP) is 4.01. The minimum Gasteiger partial charge on any atom is -0.459 e. The van der Waals surface area contributed by atoms with Crippen molar-refractivity contribution >= 4 is 28.6 Å². The highest BCUT2D eigenvalue weighted by Crippen LogP contribution is 2.55. The lowest BCUT2D eigenvalue weighted by molar-refractivity contribution is -0.165. The maximum Gasteiger partial charge on any atom is 0.322 e. The first kappa shape index (κ1) is 23.4. The van der Waals surface area contributed by atoms with E-state index in [0.717, 1.165) is 0 Å². The number of alkyl halides is 1. The first-order valence-electron chi connectivity index (χ1n) is 10.5. The van der Waals surface area contributed by atoms with Crippen molar-refractivity contribution in [3.63, 3.8) is 0 Å². The van der Waals surface area contributed by atoms with E-state index in [1.165, 1.54) is 0 Å². The van der Waals surface area contributed by atoms with Gasteiger partial charge in [-0.05, 0) is 39.0 Å². The Hall–Kier alpha value is 0.0800. The molecule has 6 unspecified atom stereocenters. The Balaban J connectivity index is 2.34. The molecule has 2 aliphatic heterocycles. The molecule has 0 aromatic carbocycles. The fraction of sp³-hybridized carbons (Fsp3) is 0.952. The Bertz CT molecular complexity index is 527. The van der Waals surface area contributed by atoms with E-state index in [2.05, 4.69) is 22.6 Å². The molecule has 2 aliphatic rings. The summed E-state index contributed by atoms with van der Waals surface area (Å²) in [7, 11) is 0. The number of aliphatic hydroxyl groups is 2. The van der Waals surface area contributed by atoms with Crippen molar-refractivity contribution in [3.8, 4) is 0 Å². The van der Waals surface area contributed by atoms with Gasteiger partial charge in [-0.1, -0.05) is 57.2 Å². The number of fused-ring (bicyclic) bond motifs is 2. The molecule has 5 nitrogen and oxygen atoms in total. The number of esters is 1. The molecule has 0 aliphatic carbocycles. The van der Waals surface area contributed by atoms with Crippen molar-refractivity contribution in [2.24, 2.45) is 11.8 Å². The minimum atomic E-state index is -0.939. The van der Waals surface area contributed by atoms with Gasteiger partial charge in [0.05, 0.1) is 17.3 Å². The van der Waals surface area contributed by atoms with Crippen LogP contribution in [0.1, 0.15) is 80.1 Å². The largest absolute Gasteiger partial charge is 0.459 e. The maximum atomic E-state index is 12.6. The minimum absolute atomic E-state index is 0.144. The SMILES string of the molecule is CCC(C)(I)C(=O)OC1CC2OC1C(C(O)(CC)CC)C2C(O)(CC)CC. The lowest BCUT2D eigenvalue weighted by atomic mass is 9.60. The van der Waals surface area contributed by atoms with Crippen LogP contribution in [0.25, 0.3) is 0 Å². The normalized spacial score (nSPS) is 33.1.